The average molecular weight is 380 g/mol. The molecule has 0 aromatic heterocycles. The van der Waals surface area contributed by atoms with Crippen LogP contribution in [-0.4, -0.2) is 22.5 Å². The van der Waals surface area contributed by atoms with Gasteiger partial charge in [-0.15, -0.1) is 0 Å². The standard InChI is InChI=1S/C16H14ClN3O4S/c1-2-24-14-8-7-10(9-11(14)17)15(21)19-16(25)18-12-5-3-4-6-13(12)20(22)23/h3-9H,2H2,1H3,(H2,18,19,21,25). The highest BCUT2D eigenvalue weighted by molar-refractivity contribution is 7.80. The minimum atomic E-state index is -0.543. The summed E-state index contributed by atoms with van der Waals surface area (Å²) in [5.41, 5.74) is 0.311. The second-order valence-corrected chi connectivity index (χ2v) is 5.58. The summed E-state index contributed by atoms with van der Waals surface area (Å²) in [6, 6.07) is 10.6. The molecule has 0 bridgehead atoms. The van der Waals surface area contributed by atoms with E-state index in [1.54, 1.807) is 18.2 Å². The van der Waals surface area contributed by atoms with Gasteiger partial charge >= 0.3 is 0 Å². The van der Waals surface area contributed by atoms with Crippen LogP contribution in [0, 0.1) is 10.1 Å². The van der Waals surface area contributed by atoms with Gasteiger partial charge in [0.2, 0.25) is 0 Å². The molecule has 0 aliphatic heterocycles. The average Bonchev–Trinajstić information content (AvgIpc) is 2.57. The van der Waals surface area contributed by atoms with Gasteiger partial charge in [0.1, 0.15) is 11.4 Å². The van der Waals surface area contributed by atoms with E-state index in [0.717, 1.165) is 0 Å². The summed E-state index contributed by atoms with van der Waals surface area (Å²) < 4.78 is 5.30. The van der Waals surface area contributed by atoms with Crippen LogP contribution in [0.1, 0.15) is 17.3 Å². The number of nitro groups is 1. The topological polar surface area (TPSA) is 93.5 Å². The van der Waals surface area contributed by atoms with Crippen molar-refractivity contribution in [1.29, 1.82) is 0 Å². The summed E-state index contributed by atoms with van der Waals surface area (Å²) in [6.45, 7) is 2.28. The van der Waals surface area contributed by atoms with Gasteiger partial charge in [0.15, 0.2) is 5.11 Å². The van der Waals surface area contributed by atoms with Crippen LogP contribution in [0.2, 0.25) is 5.02 Å². The molecule has 0 spiro atoms. The Bertz CT molecular complexity index is 829. The molecule has 0 unspecified atom stereocenters. The molecule has 0 radical (unpaired) electrons. The van der Waals surface area contributed by atoms with E-state index in [1.807, 2.05) is 6.92 Å². The first kappa shape index (κ1) is 18.6. The molecule has 2 aromatic carbocycles. The molecule has 0 aliphatic rings. The summed E-state index contributed by atoms with van der Waals surface area (Å²) in [5, 5.41) is 16.3. The number of carbonyl (C=O) groups excluding carboxylic acids is 1. The minimum absolute atomic E-state index is 0.0655. The number of nitrogens with one attached hydrogen (secondary N) is 2. The zero-order chi connectivity index (χ0) is 18.4. The zero-order valence-corrected chi connectivity index (χ0v) is 14.7. The van der Waals surface area contributed by atoms with Gasteiger partial charge in [-0.3, -0.25) is 20.2 Å². The van der Waals surface area contributed by atoms with E-state index in [9.17, 15) is 14.9 Å². The lowest BCUT2D eigenvalue weighted by Crippen LogP contribution is -2.34. The molecule has 130 valence electrons. The molecule has 7 nitrogen and oxygen atoms in total. The molecule has 0 atom stereocenters. The SMILES string of the molecule is CCOc1ccc(C(=O)NC(=S)Nc2ccccc2[N+](=O)[O-])cc1Cl. The highest BCUT2D eigenvalue weighted by Gasteiger charge is 2.15. The van der Waals surface area contributed by atoms with E-state index in [-0.39, 0.29) is 22.1 Å². The van der Waals surface area contributed by atoms with Gasteiger partial charge in [-0.1, -0.05) is 23.7 Å². The van der Waals surface area contributed by atoms with Gasteiger partial charge in [-0.2, -0.15) is 0 Å². The lowest BCUT2D eigenvalue weighted by Gasteiger charge is -2.11. The quantitative estimate of drug-likeness (QED) is 0.466. The molecular weight excluding hydrogens is 366 g/mol. The number of ether oxygens (including phenoxy) is 1. The van der Waals surface area contributed by atoms with Crippen LogP contribution in [0.15, 0.2) is 42.5 Å². The normalized spacial score (nSPS) is 10.0. The number of hydrogen-bond acceptors (Lipinski definition) is 5. The molecule has 25 heavy (non-hydrogen) atoms. The Hall–Kier alpha value is -2.71. The van der Waals surface area contributed by atoms with E-state index in [2.05, 4.69) is 10.6 Å². The van der Waals surface area contributed by atoms with Crippen LogP contribution in [0.4, 0.5) is 11.4 Å². The first-order chi connectivity index (χ1) is 11.9. The molecule has 2 aromatic rings. The Kier molecular flexibility index (Phi) is 6.26. The van der Waals surface area contributed by atoms with Gasteiger partial charge < -0.3 is 10.1 Å². The number of nitro benzene ring substituents is 1. The largest absolute Gasteiger partial charge is 0.492 e. The Morgan fingerprint density at radius 2 is 2.04 bits per heavy atom. The molecule has 0 heterocycles. The van der Waals surface area contributed by atoms with Crippen LogP contribution in [0.3, 0.4) is 0 Å². The highest BCUT2D eigenvalue weighted by atomic mass is 35.5. The third kappa shape index (κ3) is 4.88. The fraction of sp³-hybridized carbons (Fsp3) is 0.125. The number of benzene rings is 2. The molecule has 2 N–H and O–H groups in total. The van der Waals surface area contributed by atoms with E-state index in [0.29, 0.717) is 17.4 Å². The fourth-order valence-electron chi connectivity index (χ4n) is 1.98. The van der Waals surface area contributed by atoms with E-state index < -0.39 is 10.8 Å². The lowest BCUT2D eigenvalue weighted by atomic mass is 10.2. The van der Waals surface area contributed by atoms with E-state index in [4.69, 9.17) is 28.6 Å². The van der Waals surface area contributed by atoms with Crippen LogP contribution < -0.4 is 15.4 Å². The highest BCUT2D eigenvalue weighted by Crippen LogP contribution is 2.26. The smallest absolute Gasteiger partial charge is 0.292 e. The van der Waals surface area contributed by atoms with Crippen molar-refractivity contribution in [2.75, 3.05) is 11.9 Å². The monoisotopic (exact) mass is 379 g/mol. The van der Waals surface area contributed by atoms with Gasteiger partial charge in [0.25, 0.3) is 11.6 Å². The molecule has 9 heteroatoms. The maximum Gasteiger partial charge on any atom is 0.292 e. The number of para-hydroxylation sites is 2. The molecule has 0 saturated carbocycles. The summed E-state index contributed by atoms with van der Waals surface area (Å²) in [4.78, 5) is 22.6. The van der Waals surface area contributed by atoms with Crippen molar-refractivity contribution in [3.05, 3.63) is 63.2 Å². The van der Waals surface area contributed by atoms with Crippen molar-refractivity contribution in [3.8, 4) is 5.75 Å². The van der Waals surface area contributed by atoms with Crippen molar-refractivity contribution in [3.63, 3.8) is 0 Å². The van der Waals surface area contributed by atoms with Crippen molar-refractivity contribution in [2.45, 2.75) is 6.92 Å². The number of nitrogens with zero attached hydrogens (tertiary/aromatic N) is 1. The minimum Gasteiger partial charge on any atom is -0.492 e. The first-order valence-electron chi connectivity index (χ1n) is 7.20. The third-order valence-electron chi connectivity index (χ3n) is 3.07. The second-order valence-electron chi connectivity index (χ2n) is 4.76. The molecule has 0 aliphatic carbocycles. The van der Waals surface area contributed by atoms with Crippen LogP contribution in [0.25, 0.3) is 0 Å². The summed E-state index contributed by atoms with van der Waals surface area (Å²) in [6.07, 6.45) is 0. The Morgan fingerprint density at radius 1 is 1.32 bits per heavy atom. The van der Waals surface area contributed by atoms with Gasteiger partial charge in [0.05, 0.1) is 16.6 Å². The van der Waals surface area contributed by atoms with Crippen molar-refractivity contribution in [1.82, 2.24) is 5.32 Å². The summed E-state index contributed by atoms with van der Waals surface area (Å²) in [7, 11) is 0. The van der Waals surface area contributed by atoms with Crippen molar-refractivity contribution in [2.24, 2.45) is 0 Å². The van der Waals surface area contributed by atoms with Crippen molar-refractivity contribution < 1.29 is 14.5 Å². The predicted octanol–water partition coefficient (Wildman–Crippen LogP) is 3.77. The number of carbonyl (C=O) groups is 1. The van der Waals surface area contributed by atoms with Gasteiger partial charge in [0, 0.05) is 11.6 Å². The van der Waals surface area contributed by atoms with Gasteiger partial charge in [-0.05, 0) is 43.4 Å². The molecule has 2 rings (SSSR count). The molecule has 1 amide bonds. The molecular formula is C16H14ClN3O4S. The number of amides is 1. The van der Waals surface area contributed by atoms with Crippen LogP contribution in [-0.2, 0) is 0 Å². The predicted molar refractivity (Wildman–Crippen MR) is 99.4 cm³/mol. The first-order valence-corrected chi connectivity index (χ1v) is 7.99. The maximum atomic E-state index is 12.2. The summed E-state index contributed by atoms with van der Waals surface area (Å²) >= 11 is 11.1. The third-order valence-corrected chi connectivity index (χ3v) is 3.57. The summed E-state index contributed by atoms with van der Waals surface area (Å²) in [5.74, 6) is -0.0256. The number of anilines is 1. The Labute approximate surface area is 154 Å². The maximum absolute atomic E-state index is 12.2. The van der Waals surface area contributed by atoms with Crippen LogP contribution >= 0.6 is 23.8 Å². The van der Waals surface area contributed by atoms with Crippen molar-refractivity contribution >= 4 is 46.2 Å². The molecule has 0 fully saturated rings. The second kappa shape index (κ2) is 8.41. The number of rotatable bonds is 5. The fourth-order valence-corrected chi connectivity index (χ4v) is 2.42. The van der Waals surface area contributed by atoms with E-state index in [1.165, 1.54) is 24.3 Å². The number of halogens is 1. The van der Waals surface area contributed by atoms with Gasteiger partial charge in [-0.25, -0.2) is 0 Å². The van der Waals surface area contributed by atoms with E-state index >= 15 is 0 Å². The Morgan fingerprint density at radius 3 is 2.68 bits per heavy atom. The lowest BCUT2D eigenvalue weighted by molar-refractivity contribution is -0.383. The Balaban J connectivity index is 2.07. The van der Waals surface area contributed by atoms with Crippen LogP contribution in [0.5, 0.6) is 5.75 Å². The number of hydrogen-bond donors (Lipinski definition) is 2. The molecule has 0 saturated heterocycles. The zero-order valence-electron chi connectivity index (χ0n) is 13.1. The number of thiocarbonyl (C=S) groups is 1.